The maximum Gasteiger partial charge on any atom is 0.335 e. The van der Waals surface area contributed by atoms with Crippen LogP contribution in [0.2, 0.25) is 0 Å². The third-order valence-electron chi connectivity index (χ3n) is 5.78. The lowest BCUT2D eigenvalue weighted by Gasteiger charge is -2.18. The quantitative estimate of drug-likeness (QED) is 0.137. The van der Waals surface area contributed by atoms with Crippen molar-refractivity contribution >= 4 is 37.8 Å². The molecule has 0 saturated heterocycles. The van der Waals surface area contributed by atoms with Crippen LogP contribution in [0.25, 0.3) is 32.9 Å². The molecule has 1 heterocycles. The summed E-state index contributed by atoms with van der Waals surface area (Å²) in [5, 5.41) is 2.06. The van der Waals surface area contributed by atoms with E-state index in [1.807, 2.05) is 51.1 Å². The molecule has 0 spiro atoms. The normalized spacial score (nSPS) is 12.9. The summed E-state index contributed by atoms with van der Waals surface area (Å²) in [5.41, 5.74) is 6.03. The van der Waals surface area contributed by atoms with Crippen LogP contribution in [0.3, 0.4) is 0 Å². The maximum absolute atomic E-state index is 13.2. The number of rotatable bonds is 12. The number of hydrogen-bond donors (Lipinski definition) is 0. The van der Waals surface area contributed by atoms with Crippen molar-refractivity contribution in [3.63, 3.8) is 0 Å². The zero-order valence-corrected chi connectivity index (χ0v) is 23.1. The topological polar surface area (TPSA) is 66.9 Å². The third kappa shape index (κ3) is 6.20. The maximum atomic E-state index is 13.2. The smallest absolute Gasteiger partial charge is 0.335 e. The highest BCUT2D eigenvalue weighted by Crippen LogP contribution is 2.51. The molecule has 190 valence electrons. The number of aromatic nitrogens is 1. The molecule has 0 aliphatic rings. The Labute approximate surface area is 214 Å². The Morgan fingerprint density at radius 3 is 2.00 bits per heavy atom. The molecule has 4 rings (SSSR count). The van der Waals surface area contributed by atoms with E-state index in [1.165, 1.54) is 0 Å². The van der Waals surface area contributed by atoms with Crippen molar-refractivity contribution in [3.05, 3.63) is 77.9 Å². The van der Waals surface area contributed by atoms with Crippen molar-refractivity contribution < 1.29 is 22.7 Å². The van der Waals surface area contributed by atoms with E-state index >= 15 is 0 Å². The van der Waals surface area contributed by atoms with Crippen LogP contribution in [0.4, 0.5) is 0 Å². The molecule has 1 atom stereocenters. The minimum atomic E-state index is -3.23. The van der Waals surface area contributed by atoms with Gasteiger partial charge in [-0.3, -0.25) is 4.57 Å². The summed E-state index contributed by atoms with van der Waals surface area (Å²) in [6, 6.07) is 22.7. The molecule has 36 heavy (non-hydrogen) atoms. The van der Waals surface area contributed by atoms with Gasteiger partial charge in [-0.1, -0.05) is 42.5 Å². The van der Waals surface area contributed by atoms with Gasteiger partial charge in [-0.25, -0.2) is 4.98 Å². The largest absolute Gasteiger partial charge is 0.337 e. The van der Waals surface area contributed by atoms with Crippen LogP contribution in [-0.4, -0.2) is 31.9 Å². The minimum absolute atomic E-state index is 0.212. The summed E-state index contributed by atoms with van der Waals surface area (Å²) in [6.07, 6.45) is 0.914. The number of hydrogen-bond acceptors (Lipinski definition) is 6. The lowest BCUT2D eigenvalue weighted by molar-refractivity contribution is 0.219. The molecular formula is C28H33NO5P2. The predicted octanol–water partition coefficient (Wildman–Crippen LogP) is 8.32. The molecule has 4 aromatic rings. The third-order valence-corrected chi connectivity index (χ3v) is 9.41. The first kappa shape index (κ1) is 26.9. The summed E-state index contributed by atoms with van der Waals surface area (Å²) in [6.45, 7) is 6.92. The highest BCUT2D eigenvalue weighted by atomic mass is 31.2. The highest BCUT2D eigenvalue weighted by Gasteiger charge is 2.24. The second-order valence-electron chi connectivity index (χ2n) is 8.25. The molecule has 0 saturated carbocycles. The van der Waals surface area contributed by atoms with Crippen LogP contribution in [0, 0.1) is 0 Å². The minimum Gasteiger partial charge on any atom is -0.337 e. The second kappa shape index (κ2) is 12.4. The first-order valence-electron chi connectivity index (χ1n) is 12.2. The van der Waals surface area contributed by atoms with Gasteiger partial charge in [0.2, 0.25) is 0 Å². The molecule has 1 unspecified atom stereocenters. The highest BCUT2D eigenvalue weighted by molar-refractivity contribution is 7.53. The number of pyridine rings is 1. The summed E-state index contributed by atoms with van der Waals surface area (Å²) in [4.78, 5) is 4.96. The molecule has 3 aromatic carbocycles. The molecule has 0 bridgehead atoms. The van der Waals surface area contributed by atoms with Gasteiger partial charge in [0.15, 0.2) is 8.38 Å². The van der Waals surface area contributed by atoms with Crippen molar-refractivity contribution in [2.24, 2.45) is 0 Å². The average Bonchev–Trinajstić information content (AvgIpc) is 2.88. The first-order valence-corrected chi connectivity index (χ1v) is 15.3. The van der Waals surface area contributed by atoms with E-state index < -0.39 is 16.0 Å². The standard InChI is InChI=1S/C28H33NO5P2/c1-5-32-35(31-4)19-21-13-15-26-24(17-21)28(23-11-9-8-10-12-23)25-18-22(14-16-27(25)29-26)20-36(30,33-6-2)34-7-3/h8-18H,5-7,19-20H2,1-4H3. The zero-order chi connectivity index (χ0) is 25.5. The van der Waals surface area contributed by atoms with Gasteiger partial charge < -0.3 is 18.1 Å². The van der Waals surface area contributed by atoms with Crippen molar-refractivity contribution in [1.82, 2.24) is 4.98 Å². The summed E-state index contributed by atoms with van der Waals surface area (Å²) in [5.74, 6) is 0. The molecule has 0 aliphatic carbocycles. The summed E-state index contributed by atoms with van der Waals surface area (Å²) < 4.78 is 35.7. The SMILES string of the molecule is CCOP(Cc1ccc2nc3ccc(CP(=O)(OCC)OCC)cc3c(-c3ccccc3)c2c1)OC. The Morgan fingerprint density at radius 2 is 1.42 bits per heavy atom. The Morgan fingerprint density at radius 1 is 0.806 bits per heavy atom. The Kier molecular flexibility index (Phi) is 9.25. The van der Waals surface area contributed by atoms with Crippen LogP contribution < -0.4 is 0 Å². The van der Waals surface area contributed by atoms with E-state index in [-0.39, 0.29) is 6.16 Å². The number of fused-ring (bicyclic) bond motifs is 2. The summed E-state index contributed by atoms with van der Waals surface area (Å²) in [7, 11) is -2.54. The van der Waals surface area contributed by atoms with Crippen molar-refractivity contribution in [2.45, 2.75) is 33.1 Å². The van der Waals surface area contributed by atoms with Crippen molar-refractivity contribution in [1.29, 1.82) is 0 Å². The molecule has 6 nitrogen and oxygen atoms in total. The van der Waals surface area contributed by atoms with Gasteiger partial charge in [-0.15, -0.1) is 0 Å². The summed E-state index contributed by atoms with van der Waals surface area (Å²) >= 11 is 0. The van der Waals surface area contributed by atoms with Crippen LogP contribution in [0.1, 0.15) is 31.9 Å². The number of benzene rings is 3. The van der Waals surface area contributed by atoms with E-state index in [0.717, 1.165) is 44.1 Å². The first-order chi connectivity index (χ1) is 17.5. The van der Waals surface area contributed by atoms with E-state index in [2.05, 4.69) is 36.4 Å². The fourth-order valence-electron chi connectivity index (χ4n) is 4.35. The monoisotopic (exact) mass is 525 g/mol. The lowest BCUT2D eigenvalue weighted by Crippen LogP contribution is -1.99. The molecule has 0 amide bonds. The average molecular weight is 526 g/mol. The fourth-order valence-corrected chi connectivity index (χ4v) is 7.15. The Hall–Kier alpha value is -2.17. The van der Waals surface area contributed by atoms with Crippen LogP contribution in [-0.2, 0) is 35.0 Å². The predicted molar refractivity (Wildman–Crippen MR) is 149 cm³/mol. The van der Waals surface area contributed by atoms with E-state index in [4.69, 9.17) is 23.1 Å². The van der Waals surface area contributed by atoms with E-state index in [1.54, 1.807) is 7.11 Å². The molecule has 8 heteroatoms. The van der Waals surface area contributed by atoms with Crippen LogP contribution in [0.15, 0.2) is 66.7 Å². The van der Waals surface area contributed by atoms with Gasteiger partial charge >= 0.3 is 7.60 Å². The Bertz CT molecular complexity index is 1350. The molecule has 0 fully saturated rings. The van der Waals surface area contributed by atoms with E-state index in [0.29, 0.717) is 26.0 Å². The molecule has 0 aliphatic heterocycles. The van der Waals surface area contributed by atoms with Gasteiger partial charge in [0.25, 0.3) is 0 Å². The Balaban J connectivity index is 1.89. The fraction of sp³-hybridized carbons (Fsp3) is 0.321. The molecule has 1 aromatic heterocycles. The van der Waals surface area contributed by atoms with Crippen molar-refractivity contribution in [3.8, 4) is 11.1 Å². The molecular weight excluding hydrogens is 492 g/mol. The van der Waals surface area contributed by atoms with Gasteiger partial charge in [0, 0.05) is 29.6 Å². The second-order valence-corrected chi connectivity index (χ2v) is 11.9. The van der Waals surface area contributed by atoms with Crippen LogP contribution >= 0.6 is 16.0 Å². The van der Waals surface area contributed by atoms with Gasteiger partial charge in [0.05, 0.1) is 37.0 Å². The molecule has 0 radical (unpaired) electrons. The van der Waals surface area contributed by atoms with Gasteiger partial charge in [-0.05, 0) is 61.7 Å². The van der Waals surface area contributed by atoms with Gasteiger partial charge in [-0.2, -0.15) is 0 Å². The van der Waals surface area contributed by atoms with Crippen LogP contribution in [0.5, 0.6) is 0 Å². The lowest BCUT2D eigenvalue weighted by atomic mass is 9.94. The van der Waals surface area contributed by atoms with Crippen molar-refractivity contribution in [2.75, 3.05) is 26.9 Å². The zero-order valence-electron chi connectivity index (χ0n) is 21.3. The number of nitrogens with zero attached hydrogens (tertiary/aromatic N) is 1. The van der Waals surface area contributed by atoms with Gasteiger partial charge in [0.1, 0.15) is 0 Å². The van der Waals surface area contributed by atoms with E-state index in [9.17, 15) is 4.57 Å². The molecule has 0 N–H and O–H groups in total.